The van der Waals surface area contributed by atoms with E-state index in [-0.39, 0.29) is 11.9 Å². The highest BCUT2D eigenvalue weighted by atomic mass is 79.9. The molecule has 0 aliphatic carbocycles. The van der Waals surface area contributed by atoms with Crippen LogP contribution < -0.4 is 5.32 Å². The lowest BCUT2D eigenvalue weighted by Crippen LogP contribution is -2.35. The monoisotopic (exact) mass is 323 g/mol. The first-order valence-corrected chi connectivity index (χ1v) is 6.77. The topological polar surface area (TPSA) is 29.1 Å². The van der Waals surface area contributed by atoms with E-state index in [1.807, 2.05) is 6.92 Å². The molecule has 0 radical (unpaired) electrons. The molecule has 1 aromatic carbocycles. The van der Waals surface area contributed by atoms with Crippen LogP contribution in [0.4, 0.5) is 0 Å². The number of carbonyl (C=O) groups excluding carboxylic acids is 1. The van der Waals surface area contributed by atoms with Crippen LogP contribution in [0.1, 0.15) is 23.7 Å². The van der Waals surface area contributed by atoms with Crippen molar-refractivity contribution in [3.8, 4) is 0 Å². The van der Waals surface area contributed by atoms with Crippen LogP contribution in [0.5, 0.6) is 0 Å². The first-order chi connectivity index (χ1) is 7.56. The van der Waals surface area contributed by atoms with Gasteiger partial charge in [-0.25, -0.2) is 0 Å². The lowest BCUT2D eigenvalue weighted by Gasteiger charge is -2.14. The van der Waals surface area contributed by atoms with Crippen LogP contribution in [0, 0.1) is 0 Å². The van der Waals surface area contributed by atoms with Gasteiger partial charge in [0, 0.05) is 27.0 Å². The van der Waals surface area contributed by atoms with E-state index in [9.17, 15) is 4.79 Å². The fraction of sp³-hybridized carbons (Fsp3) is 0.364. The third kappa shape index (κ3) is 3.96. The summed E-state index contributed by atoms with van der Waals surface area (Å²) in [4.78, 5) is 11.8. The lowest BCUT2D eigenvalue weighted by molar-refractivity contribution is 0.0940. The number of carbonyl (C=O) groups is 1. The second kappa shape index (κ2) is 6.48. The predicted molar refractivity (Wildman–Crippen MR) is 71.8 cm³/mol. The minimum atomic E-state index is -0.157. The minimum absolute atomic E-state index is 0.116. The van der Waals surface area contributed by atoms with Crippen LogP contribution in [0.25, 0.3) is 0 Å². The molecule has 0 aliphatic heterocycles. The molecule has 1 N–H and O–H groups in total. The Morgan fingerprint density at radius 3 is 2.38 bits per heavy atom. The van der Waals surface area contributed by atoms with Crippen molar-refractivity contribution in [3.05, 3.63) is 33.8 Å². The maximum atomic E-state index is 11.8. The van der Waals surface area contributed by atoms with Gasteiger partial charge in [0.25, 0.3) is 5.91 Å². The number of nitrogens with one attached hydrogen (secondary N) is 1. The fourth-order valence-electron chi connectivity index (χ4n) is 1.20. The molecule has 16 heavy (non-hydrogen) atoms. The maximum Gasteiger partial charge on any atom is 0.251 e. The summed E-state index contributed by atoms with van der Waals surface area (Å²) in [5.74, 6) is -0.157. The highest BCUT2D eigenvalue weighted by molar-refractivity contribution is 9.09. The molecule has 2 nitrogen and oxygen atoms in total. The van der Waals surface area contributed by atoms with Gasteiger partial charge < -0.3 is 5.32 Å². The van der Waals surface area contributed by atoms with E-state index in [1.165, 1.54) is 0 Å². The molecule has 1 rings (SSSR count). The van der Waals surface area contributed by atoms with Crippen LogP contribution in [0.3, 0.4) is 0 Å². The molecule has 1 amide bonds. The van der Waals surface area contributed by atoms with Gasteiger partial charge in [0.1, 0.15) is 0 Å². The number of benzene rings is 1. The summed E-state index contributed by atoms with van der Waals surface area (Å²) in [6.45, 7) is 2.01. The number of hydrogen-bond donors (Lipinski definition) is 1. The van der Waals surface area contributed by atoms with Crippen molar-refractivity contribution in [3.63, 3.8) is 0 Å². The molecule has 0 bridgehead atoms. The molecule has 0 heterocycles. The Morgan fingerprint density at radius 1 is 1.38 bits per heavy atom. The molecule has 0 aliphatic rings. The fourth-order valence-corrected chi connectivity index (χ4v) is 2.35. The van der Waals surface area contributed by atoms with Gasteiger partial charge in [0.2, 0.25) is 0 Å². The van der Waals surface area contributed by atoms with Crippen LogP contribution >= 0.6 is 39.1 Å². The molecule has 5 heteroatoms. The Balaban J connectivity index is 2.80. The van der Waals surface area contributed by atoms with E-state index in [1.54, 1.807) is 18.2 Å². The first kappa shape index (κ1) is 13.8. The summed E-state index contributed by atoms with van der Waals surface area (Å²) in [5.41, 5.74) is 0.483. The van der Waals surface area contributed by atoms with Crippen LogP contribution in [0.15, 0.2) is 18.2 Å². The van der Waals surface area contributed by atoms with Crippen molar-refractivity contribution < 1.29 is 4.79 Å². The zero-order valence-electron chi connectivity index (χ0n) is 8.77. The number of halogens is 3. The van der Waals surface area contributed by atoms with Crippen LogP contribution in [0.2, 0.25) is 10.0 Å². The van der Waals surface area contributed by atoms with Gasteiger partial charge in [-0.3, -0.25) is 4.79 Å². The van der Waals surface area contributed by atoms with Gasteiger partial charge in [-0.15, -0.1) is 0 Å². The summed E-state index contributed by atoms with van der Waals surface area (Å²) >= 11 is 15.0. The summed E-state index contributed by atoms with van der Waals surface area (Å²) in [6, 6.07) is 4.92. The van der Waals surface area contributed by atoms with Gasteiger partial charge in [-0.2, -0.15) is 0 Å². The quantitative estimate of drug-likeness (QED) is 0.836. The molecule has 0 spiro atoms. The zero-order chi connectivity index (χ0) is 12.1. The summed E-state index contributed by atoms with van der Waals surface area (Å²) < 4.78 is 0. The Hall–Kier alpha value is -0.250. The van der Waals surface area contributed by atoms with E-state index in [2.05, 4.69) is 21.2 Å². The number of alkyl halides is 1. The van der Waals surface area contributed by atoms with Gasteiger partial charge >= 0.3 is 0 Å². The maximum absolute atomic E-state index is 11.8. The molecule has 1 aromatic rings. The van der Waals surface area contributed by atoms with Gasteiger partial charge in [0.05, 0.1) is 0 Å². The Morgan fingerprint density at radius 2 is 1.94 bits per heavy atom. The minimum Gasteiger partial charge on any atom is -0.348 e. The number of rotatable bonds is 4. The molecular formula is C11H12BrCl2NO. The molecule has 0 saturated carbocycles. The second-order valence-electron chi connectivity index (χ2n) is 3.39. The molecule has 0 saturated heterocycles. The van der Waals surface area contributed by atoms with Gasteiger partial charge in [0.15, 0.2) is 0 Å². The van der Waals surface area contributed by atoms with E-state index in [0.29, 0.717) is 15.6 Å². The van der Waals surface area contributed by atoms with Crippen molar-refractivity contribution in [2.75, 3.05) is 5.33 Å². The molecule has 88 valence electrons. The third-order valence-electron chi connectivity index (χ3n) is 2.14. The summed E-state index contributed by atoms with van der Waals surface area (Å²) in [6.07, 6.45) is 0.866. The standard InChI is InChI=1S/C11H12BrCl2NO/c1-2-10(6-12)15-11(16)7-3-8(13)5-9(14)4-7/h3-5,10H,2,6H2,1H3,(H,15,16). The molecule has 0 fully saturated rings. The second-order valence-corrected chi connectivity index (χ2v) is 4.91. The van der Waals surface area contributed by atoms with Crippen molar-refractivity contribution in [2.45, 2.75) is 19.4 Å². The Labute approximate surface area is 113 Å². The number of amides is 1. The molecule has 1 atom stereocenters. The van der Waals surface area contributed by atoms with Crippen LogP contribution in [-0.4, -0.2) is 17.3 Å². The van der Waals surface area contributed by atoms with Gasteiger partial charge in [-0.1, -0.05) is 46.1 Å². The molecule has 0 aromatic heterocycles. The third-order valence-corrected chi connectivity index (χ3v) is 3.36. The summed E-state index contributed by atoms with van der Waals surface area (Å²) in [5, 5.41) is 4.53. The van der Waals surface area contributed by atoms with E-state index in [0.717, 1.165) is 11.8 Å². The SMILES string of the molecule is CCC(CBr)NC(=O)c1cc(Cl)cc(Cl)c1. The largest absolute Gasteiger partial charge is 0.348 e. The van der Waals surface area contributed by atoms with E-state index in [4.69, 9.17) is 23.2 Å². The van der Waals surface area contributed by atoms with Crippen LogP contribution in [-0.2, 0) is 0 Å². The zero-order valence-corrected chi connectivity index (χ0v) is 11.9. The first-order valence-electron chi connectivity index (χ1n) is 4.89. The van der Waals surface area contributed by atoms with Crippen molar-refractivity contribution in [1.82, 2.24) is 5.32 Å². The van der Waals surface area contributed by atoms with Crippen molar-refractivity contribution in [1.29, 1.82) is 0 Å². The Bertz CT molecular complexity index is 360. The highest BCUT2D eigenvalue weighted by Gasteiger charge is 2.12. The average Bonchev–Trinajstić information content (AvgIpc) is 2.24. The normalized spacial score (nSPS) is 12.2. The Kier molecular flexibility index (Phi) is 5.59. The predicted octanol–water partition coefficient (Wildman–Crippen LogP) is 3.90. The number of hydrogen-bond acceptors (Lipinski definition) is 1. The lowest BCUT2D eigenvalue weighted by atomic mass is 10.2. The molecule has 1 unspecified atom stereocenters. The molecular weight excluding hydrogens is 313 g/mol. The van der Waals surface area contributed by atoms with Crippen molar-refractivity contribution >= 4 is 45.0 Å². The average molecular weight is 325 g/mol. The van der Waals surface area contributed by atoms with Gasteiger partial charge in [-0.05, 0) is 24.6 Å². The highest BCUT2D eigenvalue weighted by Crippen LogP contribution is 2.19. The van der Waals surface area contributed by atoms with Crippen molar-refractivity contribution in [2.24, 2.45) is 0 Å². The van der Waals surface area contributed by atoms with E-state index >= 15 is 0 Å². The smallest absolute Gasteiger partial charge is 0.251 e. The summed E-state index contributed by atoms with van der Waals surface area (Å²) in [7, 11) is 0. The van der Waals surface area contributed by atoms with E-state index < -0.39 is 0 Å².